The quantitative estimate of drug-likeness (QED) is 0.579. The summed E-state index contributed by atoms with van der Waals surface area (Å²) in [6.07, 6.45) is 0. The summed E-state index contributed by atoms with van der Waals surface area (Å²) in [5.74, 6) is 0. The fourth-order valence-electron chi connectivity index (χ4n) is 0.749. The highest BCUT2D eigenvalue weighted by Crippen LogP contribution is 2.32. The number of thiol groups is 1. The van der Waals surface area contributed by atoms with Crippen LogP contribution in [0.15, 0.2) is 21.7 Å². The molecule has 0 spiro atoms. The Bertz CT molecular complexity index is 317. The third-order valence-corrected chi connectivity index (χ3v) is 3.80. The lowest BCUT2D eigenvalue weighted by molar-refractivity contribution is 1.71. The standard InChI is InChI=1S/C6H4S3/c7-5-3-9-6-4(5)1-2-8-6/h1-3,7H. The predicted molar refractivity (Wildman–Crippen MR) is 47.0 cm³/mol. The Kier molecular flexibility index (Phi) is 1.29. The van der Waals surface area contributed by atoms with Gasteiger partial charge < -0.3 is 0 Å². The van der Waals surface area contributed by atoms with Crippen LogP contribution < -0.4 is 0 Å². The largest absolute Gasteiger partial charge is 0.142 e. The van der Waals surface area contributed by atoms with E-state index in [0.29, 0.717) is 0 Å². The third-order valence-electron chi connectivity index (χ3n) is 1.18. The maximum atomic E-state index is 4.28. The fraction of sp³-hybridized carbons (Fsp3) is 0. The molecule has 0 unspecified atom stereocenters. The van der Waals surface area contributed by atoms with E-state index in [9.17, 15) is 0 Å². The summed E-state index contributed by atoms with van der Waals surface area (Å²) in [5, 5.41) is 5.47. The second-order valence-corrected chi connectivity index (χ2v) is 4.28. The first kappa shape index (κ1) is 5.77. The summed E-state index contributed by atoms with van der Waals surface area (Å²) < 4.78 is 1.38. The Morgan fingerprint density at radius 1 is 1.33 bits per heavy atom. The Morgan fingerprint density at radius 3 is 3.00 bits per heavy atom. The average Bonchev–Trinajstić information content (AvgIpc) is 2.35. The minimum Gasteiger partial charge on any atom is -0.142 e. The van der Waals surface area contributed by atoms with E-state index in [1.807, 2.05) is 0 Å². The summed E-state index contributed by atoms with van der Waals surface area (Å²) in [6.45, 7) is 0. The topological polar surface area (TPSA) is 0 Å². The van der Waals surface area contributed by atoms with Gasteiger partial charge >= 0.3 is 0 Å². The van der Waals surface area contributed by atoms with Gasteiger partial charge in [0.15, 0.2) is 0 Å². The molecule has 0 bridgehead atoms. The van der Waals surface area contributed by atoms with Crippen molar-refractivity contribution >= 4 is 44.7 Å². The SMILES string of the molecule is Sc1csc2sccc12. The van der Waals surface area contributed by atoms with Gasteiger partial charge in [0, 0.05) is 15.7 Å². The monoisotopic (exact) mass is 172 g/mol. The van der Waals surface area contributed by atoms with Gasteiger partial charge in [-0.05, 0) is 11.4 Å². The number of hydrogen-bond acceptors (Lipinski definition) is 3. The molecule has 2 rings (SSSR count). The minimum absolute atomic E-state index is 1.11. The van der Waals surface area contributed by atoms with E-state index in [1.165, 1.54) is 9.40 Å². The molecule has 0 radical (unpaired) electrons. The van der Waals surface area contributed by atoms with Crippen molar-refractivity contribution in [3.05, 3.63) is 16.8 Å². The van der Waals surface area contributed by atoms with Crippen LogP contribution in [0, 0.1) is 0 Å². The Labute approximate surface area is 66.5 Å². The van der Waals surface area contributed by atoms with Crippen LogP contribution in [-0.2, 0) is 0 Å². The fourth-order valence-corrected chi connectivity index (χ4v) is 3.06. The zero-order valence-electron chi connectivity index (χ0n) is 4.50. The number of rotatable bonds is 0. The van der Waals surface area contributed by atoms with Gasteiger partial charge in [0.25, 0.3) is 0 Å². The second kappa shape index (κ2) is 2.01. The molecule has 0 saturated heterocycles. The highest BCUT2D eigenvalue weighted by Gasteiger charge is 1.98. The first-order chi connectivity index (χ1) is 4.38. The highest BCUT2D eigenvalue weighted by atomic mass is 32.2. The van der Waals surface area contributed by atoms with Crippen LogP contribution in [0.3, 0.4) is 0 Å². The van der Waals surface area contributed by atoms with Crippen molar-refractivity contribution in [2.24, 2.45) is 0 Å². The summed E-state index contributed by atoms with van der Waals surface area (Å²) in [6, 6.07) is 2.11. The van der Waals surface area contributed by atoms with Gasteiger partial charge in [-0.3, -0.25) is 0 Å². The molecule has 0 saturated carbocycles. The van der Waals surface area contributed by atoms with Crippen LogP contribution in [0.4, 0.5) is 0 Å². The van der Waals surface area contributed by atoms with Gasteiger partial charge in [-0.2, -0.15) is 0 Å². The maximum absolute atomic E-state index is 4.28. The van der Waals surface area contributed by atoms with Gasteiger partial charge in [0.1, 0.15) is 0 Å². The van der Waals surface area contributed by atoms with Crippen molar-refractivity contribution in [3.8, 4) is 0 Å². The number of hydrogen-bond donors (Lipinski definition) is 1. The predicted octanol–water partition coefficient (Wildman–Crippen LogP) is 3.25. The molecule has 9 heavy (non-hydrogen) atoms. The van der Waals surface area contributed by atoms with Gasteiger partial charge in [0.2, 0.25) is 0 Å². The smallest absolute Gasteiger partial charge is 0.0876 e. The molecule has 3 heteroatoms. The molecule has 46 valence electrons. The molecule has 0 atom stereocenters. The molecule has 0 aliphatic rings. The first-order valence-electron chi connectivity index (χ1n) is 2.51. The van der Waals surface area contributed by atoms with Crippen LogP contribution in [0.2, 0.25) is 0 Å². The van der Waals surface area contributed by atoms with E-state index >= 15 is 0 Å². The Morgan fingerprint density at radius 2 is 2.22 bits per heavy atom. The summed E-state index contributed by atoms with van der Waals surface area (Å²) in [7, 11) is 0. The van der Waals surface area contributed by atoms with E-state index in [-0.39, 0.29) is 0 Å². The van der Waals surface area contributed by atoms with E-state index in [0.717, 1.165) is 4.90 Å². The maximum Gasteiger partial charge on any atom is 0.0876 e. The van der Waals surface area contributed by atoms with Crippen LogP contribution >= 0.6 is 35.3 Å². The minimum atomic E-state index is 1.11. The van der Waals surface area contributed by atoms with Crippen molar-refractivity contribution < 1.29 is 0 Å². The van der Waals surface area contributed by atoms with Gasteiger partial charge in [-0.15, -0.1) is 35.3 Å². The zero-order chi connectivity index (χ0) is 6.27. The molecule has 0 fully saturated rings. The molecule has 2 aromatic rings. The molecule has 0 nitrogen and oxygen atoms in total. The van der Waals surface area contributed by atoms with Gasteiger partial charge in [-0.25, -0.2) is 0 Å². The van der Waals surface area contributed by atoms with E-state index in [4.69, 9.17) is 0 Å². The molecular formula is C6H4S3. The van der Waals surface area contributed by atoms with Crippen molar-refractivity contribution in [3.63, 3.8) is 0 Å². The highest BCUT2D eigenvalue weighted by molar-refractivity contribution is 7.80. The van der Waals surface area contributed by atoms with E-state index in [2.05, 4.69) is 29.5 Å². The van der Waals surface area contributed by atoms with Crippen molar-refractivity contribution in [1.82, 2.24) is 0 Å². The molecule has 0 aliphatic heterocycles. The first-order valence-corrected chi connectivity index (χ1v) is 4.72. The van der Waals surface area contributed by atoms with Gasteiger partial charge in [0.05, 0.1) is 4.01 Å². The van der Waals surface area contributed by atoms with E-state index in [1.54, 1.807) is 22.7 Å². The second-order valence-electron chi connectivity index (χ2n) is 1.74. The summed E-state index contributed by atoms with van der Waals surface area (Å²) in [5.41, 5.74) is 0. The van der Waals surface area contributed by atoms with Crippen LogP contribution in [0.5, 0.6) is 0 Å². The molecule has 2 heterocycles. The molecule has 0 amide bonds. The van der Waals surface area contributed by atoms with Crippen molar-refractivity contribution in [1.29, 1.82) is 0 Å². The molecule has 2 aromatic heterocycles. The summed E-state index contributed by atoms with van der Waals surface area (Å²) >= 11 is 7.83. The third kappa shape index (κ3) is 0.801. The normalized spacial score (nSPS) is 10.8. The number of thiophene rings is 2. The van der Waals surface area contributed by atoms with Crippen molar-refractivity contribution in [2.75, 3.05) is 0 Å². The van der Waals surface area contributed by atoms with Crippen LogP contribution in [0.1, 0.15) is 0 Å². The molecular weight excluding hydrogens is 168 g/mol. The van der Waals surface area contributed by atoms with Gasteiger partial charge in [-0.1, -0.05) is 0 Å². The Hall–Kier alpha value is 0.01000. The summed E-state index contributed by atoms with van der Waals surface area (Å²) in [4.78, 5) is 1.11. The van der Waals surface area contributed by atoms with Crippen molar-refractivity contribution in [2.45, 2.75) is 4.90 Å². The molecule has 0 aliphatic carbocycles. The molecule has 0 aromatic carbocycles. The zero-order valence-corrected chi connectivity index (χ0v) is 7.02. The Balaban J connectivity index is 2.99. The molecule has 0 N–H and O–H groups in total. The van der Waals surface area contributed by atoms with Crippen LogP contribution in [0.25, 0.3) is 9.40 Å². The van der Waals surface area contributed by atoms with E-state index < -0.39 is 0 Å². The lowest BCUT2D eigenvalue weighted by atomic mass is 10.4. The lowest BCUT2D eigenvalue weighted by Crippen LogP contribution is -1.48. The lowest BCUT2D eigenvalue weighted by Gasteiger charge is -1.74. The number of fused-ring (bicyclic) bond motifs is 1. The van der Waals surface area contributed by atoms with Crippen LogP contribution in [-0.4, -0.2) is 0 Å². The average molecular weight is 172 g/mol.